The van der Waals surface area contributed by atoms with E-state index in [0.29, 0.717) is 42.9 Å². The van der Waals surface area contributed by atoms with Gasteiger partial charge in [0, 0.05) is 25.5 Å². The Labute approximate surface area is 305 Å². The summed E-state index contributed by atoms with van der Waals surface area (Å²) in [6.45, 7) is 2.58. The Morgan fingerprint density at radius 2 is 1.92 bits per heavy atom. The van der Waals surface area contributed by atoms with Gasteiger partial charge in [-0.2, -0.15) is 0 Å². The first-order valence-electron chi connectivity index (χ1n) is 18.7. The number of carbonyl (C=O) groups is 1. The highest BCUT2D eigenvalue weighted by Gasteiger charge is 2.51. The number of hydrogen-bond donors (Lipinski definition) is 6. The van der Waals surface area contributed by atoms with Gasteiger partial charge in [-0.3, -0.25) is 14.7 Å². The highest BCUT2D eigenvalue weighted by molar-refractivity contribution is 6.08. The number of rotatable bonds is 10. The van der Waals surface area contributed by atoms with Crippen LogP contribution in [0, 0.1) is 35.2 Å². The van der Waals surface area contributed by atoms with Crippen molar-refractivity contribution in [2.45, 2.75) is 108 Å². The lowest BCUT2D eigenvalue weighted by atomic mass is 9.73. The maximum atomic E-state index is 12.8. The average molecular weight is 706 g/mol. The summed E-state index contributed by atoms with van der Waals surface area (Å²) in [7, 11) is 0. The van der Waals surface area contributed by atoms with Gasteiger partial charge in [-0.15, -0.1) is 0 Å². The number of nitrogens with two attached hydrogens (primary N) is 2. The number of nitrogens with zero attached hydrogens (tertiary/aromatic N) is 1. The van der Waals surface area contributed by atoms with Crippen molar-refractivity contribution < 1.29 is 34.5 Å². The lowest BCUT2D eigenvalue weighted by Crippen LogP contribution is -3.13. The molecule has 2 aromatic rings. The average Bonchev–Trinajstić information content (AvgIpc) is 3.85. The van der Waals surface area contributed by atoms with Gasteiger partial charge in [-0.05, 0) is 72.1 Å². The maximum Gasteiger partial charge on any atom is 0.252 e. The monoisotopic (exact) mass is 705 g/mol. The molecule has 2 bridgehead atoms. The van der Waals surface area contributed by atoms with Gasteiger partial charge in [0.15, 0.2) is 11.5 Å². The number of Topliss-reactive ketones (excluding diaryl/α,β-unsaturated/α-hetero) is 1. The van der Waals surface area contributed by atoms with Gasteiger partial charge in [0.05, 0.1) is 29.4 Å². The molecular formula is C42H49N4O6+. The number of quaternary nitrogens is 1. The summed E-state index contributed by atoms with van der Waals surface area (Å²) in [6.07, 6.45) is 9.99. The van der Waals surface area contributed by atoms with Crippen molar-refractivity contribution >= 4 is 11.5 Å². The van der Waals surface area contributed by atoms with Crippen molar-refractivity contribution in [1.29, 1.82) is 0 Å². The Hall–Kier alpha value is -4.26. The van der Waals surface area contributed by atoms with Crippen LogP contribution in [0.3, 0.4) is 0 Å². The third kappa shape index (κ3) is 7.60. The molecule has 52 heavy (non-hydrogen) atoms. The smallest absolute Gasteiger partial charge is 0.252 e. The normalized spacial score (nSPS) is 24.9. The van der Waals surface area contributed by atoms with Crippen LogP contribution in [0.5, 0.6) is 11.5 Å². The van der Waals surface area contributed by atoms with Gasteiger partial charge in [0.25, 0.3) is 6.23 Å². The molecule has 1 spiro atoms. The number of aliphatic imine (C=N–C) groups is 1. The van der Waals surface area contributed by atoms with E-state index in [4.69, 9.17) is 25.9 Å². The molecule has 0 aromatic heterocycles. The van der Waals surface area contributed by atoms with Crippen molar-refractivity contribution in [3.05, 3.63) is 82.2 Å². The number of ketones is 1. The fourth-order valence-corrected chi connectivity index (χ4v) is 8.34. The van der Waals surface area contributed by atoms with Gasteiger partial charge in [0.2, 0.25) is 0 Å². The first-order chi connectivity index (χ1) is 25.1. The highest BCUT2D eigenvalue weighted by atomic mass is 16.5. The molecule has 0 saturated heterocycles. The molecule has 1 fully saturated rings. The maximum absolute atomic E-state index is 12.8. The number of aliphatic hydroxyl groups is 3. The van der Waals surface area contributed by atoms with Crippen LogP contribution in [0.2, 0.25) is 0 Å². The summed E-state index contributed by atoms with van der Waals surface area (Å²) < 4.78 is 13.1. The largest absolute Gasteiger partial charge is 0.437 e. The van der Waals surface area contributed by atoms with E-state index in [9.17, 15) is 20.1 Å². The third-order valence-electron chi connectivity index (χ3n) is 11.1. The number of benzene rings is 2. The van der Waals surface area contributed by atoms with Gasteiger partial charge in [-0.25, -0.2) is 0 Å². The highest BCUT2D eigenvalue weighted by Crippen LogP contribution is 2.47. The van der Waals surface area contributed by atoms with Crippen LogP contribution in [-0.4, -0.2) is 51.8 Å². The predicted molar refractivity (Wildman–Crippen MR) is 197 cm³/mol. The van der Waals surface area contributed by atoms with Gasteiger partial charge >= 0.3 is 0 Å². The second-order valence-corrected chi connectivity index (χ2v) is 15.0. The molecule has 2 aromatic carbocycles. The molecule has 1 unspecified atom stereocenters. The van der Waals surface area contributed by atoms with Crippen molar-refractivity contribution in [3.63, 3.8) is 0 Å². The second kappa shape index (κ2) is 15.4. The molecule has 6 atom stereocenters. The number of fused-ring (bicyclic) bond motifs is 6. The summed E-state index contributed by atoms with van der Waals surface area (Å²) in [6, 6.07) is 11.3. The Morgan fingerprint density at radius 3 is 2.71 bits per heavy atom. The van der Waals surface area contributed by atoms with E-state index in [-0.39, 0.29) is 31.0 Å². The molecule has 10 nitrogen and oxygen atoms in total. The number of aryl methyl sites for hydroxylation is 1. The minimum atomic E-state index is -1.06. The van der Waals surface area contributed by atoms with E-state index in [1.54, 1.807) is 0 Å². The Bertz CT molecular complexity index is 1920. The summed E-state index contributed by atoms with van der Waals surface area (Å²) in [4.78, 5) is 18.7. The topological polar surface area (TPSA) is 165 Å². The van der Waals surface area contributed by atoms with Crippen molar-refractivity contribution in [3.8, 4) is 35.4 Å². The molecule has 272 valence electrons. The first-order valence-corrected chi connectivity index (χ1v) is 18.7. The van der Waals surface area contributed by atoms with Crippen LogP contribution in [0.15, 0.2) is 64.9 Å². The van der Waals surface area contributed by atoms with E-state index < -0.39 is 36.1 Å². The van der Waals surface area contributed by atoms with E-state index in [1.807, 2.05) is 49.5 Å². The number of allylic oxidation sites excluding steroid dienone is 1. The van der Waals surface area contributed by atoms with Crippen LogP contribution in [-0.2, 0) is 17.6 Å². The zero-order valence-electron chi connectivity index (χ0n) is 29.7. The van der Waals surface area contributed by atoms with Crippen LogP contribution in [0.25, 0.3) is 0 Å². The number of carbonyl (C=O) groups excluding carboxylic acids is 1. The van der Waals surface area contributed by atoms with Crippen LogP contribution in [0.4, 0.5) is 0 Å². The first kappa shape index (κ1) is 36.1. The lowest BCUT2D eigenvalue weighted by Gasteiger charge is -2.36. The van der Waals surface area contributed by atoms with Crippen molar-refractivity contribution in [2.75, 3.05) is 6.54 Å². The standard InChI is InChI=1S/C42H48N4O6/c1-2-5-30(47)21-32(49)22-31(48)9-6-26-7-13-38-39(18-26)52-41-35(42(16-17-51-38)14-3-4-15-42)11-12-37(50)33-10-8-27(40(43)44)19-28(33)20-29-23-45-36-25-46(41)24-34(29)36/h7-8,10,13,18-19,23-24,30,32,35,37,40-41,47,49-50H,2-6,9,14-15,20-22,25,43-44H2,1H3/p+1/t30-,32+,35+,37-,41+/m0/s1. The molecule has 0 radical (unpaired) electrons. The van der Waals surface area contributed by atoms with Crippen LogP contribution >= 0.6 is 0 Å². The minimum absolute atomic E-state index is 0.0107. The zero-order valence-corrected chi connectivity index (χ0v) is 29.7. The van der Waals surface area contributed by atoms with Crippen LogP contribution in [0.1, 0.15) is 99.2 Å². The number of hydrogen-bond acceptors (Lipinski definition) is 9. The third-order valence-corrected chi connectivity index (χ3v) is 11.1. The van der Waals surface area contributed by atoms with Crippen molar-refractivity contribution in [2.24, 2.45) is 27.8 Å². The predicted octanol–water partition coefficient (Wildman–Crippen LogP) is 3.06. The Morgan fingerprint density at radius 1 is 1.10 bits per heavy atom. The molecule has 1 aliphatic carbocycles. The fraction of sp³-hybridized carbons (Fsp3) is 0.476. The molecule has 4 heterocycles. The molecule has 0 amide bonds. The second-order valence-electron chi connectivity index (χ2n) is 15.0. The molecule has 10 heteroatoms. The molecule has 1 saturated carbocycles. The van der Waals surface area contributed by atoms with E-state index in [1.165, 1.54) is 0 Å². The minimum Gasteiger partial charge on any atom is -0.437 e. The SMILES string of the molecule is CCC[C@H](O)C[C@@H](O)CC(=O)CCc1ccc2c(c1)O[C@@H]1[C@@H](C#C[C@H](O)c3ccc(C(N)N)cc3CC3=CN=C4C[NH+]1C=C34)C1(C#CO2)CCCC1. The summed E-state index contributed by atoms with van der Waals surface area (Å²) in [5.74, 6) is 10.8. The number of ether oxygens (including phenoxy) is 2. The lowest BCUT2D eigenvalue weighted by molar-refractivity contribution is -0.888. The number of nitrogens with one attached hydrogen (secondary N) is 1. The van der Waals surface area contributed by atoms with Gasteiger partial charge < -0.3 is 36.3 Å². The van der Waals surface area contributed by atoms with Gasteiger partial charge in [-0.1, -0.05) is 68.2 Å². The number of aliphatic hydroxyl groups excluding tert-OH is 3. The summed E-state index contributed by atoms with van der Waals surface area (Å²) in [5.41, 5.74) is 18.0. The zero-order chi connectivity index (χ0) is 36.4. The Balaban J connectivity index is 1.22. The van der Waals surface area contributed by atoms with E-state index >= 15 is 0 Å². The molecule has 8 N–H and O–H groups in total. The molecule has 4 aliphatic heterocycles. The van der Waals surface area contributed by atoms with Crippen molar-refractivity contribution in [1.82, 2.24) is 0 Å². The van der Waals surface area contributed by atoms with Crippen LogP contribution < -0.4 is 25.8 Å². The fourth-order valence-electron chi connectivity index (χ4n) is 8.34. The summed E-state index contributed by atoms with van der Waals surface area (Å²) >= 11 is 0. The molecule has 5 aliphatic rings. The van der Waals surface area contributed by atoms with E-state index in [2.05, 4.69) is 30.1 Å². The Kier molecular flexibility index (Phi) is 10.7. The van der Waals surface area contributed by atoms with Gasteiger partial charge in [0.1, 0.15) is 42.4 Å². The molecular weight excluding hydrogens is 656 g/mol. The van der Waals surface area contributed by atoms with E-state index in [0.717, 1.165) is 70.6 Å². The molecule has 7 rings (SSSR count). The quantitative estimate of drug-likeness (QED) is 0.162. The summed E-state index contributed by atoms with van der Waals surface area (Å²) in [5, 5.41) is 32.1.